The molecule has 5 rings (SSSR count). The van der Waals surface area contributed by atoms with Crippen molar-refractivity contribution in [1.29, 1.82) is 0 Å². The molecule has 2 aromatic carbocycles. The van der Waals surface area contributed by atoms with E-state index in [4.69, 9.17) is 13.9 Å². The maximum absolute atomic E-state index is 13.9. The lowest BCUT2D eigenvalue weighted by molar-refractivity contribution is -0.174. The van der Waals surface area contributed by atoms with Crippen molar-refractivity contribution in [2.24, 2.45) is 23.2 Å². The molecule has 0 unspecified atom stereocenters. The van der Waals surface area contributed by atoms with Gasteiger partial charge in [-0.25, -0.2) is 4.79 Å². The Balaban J connectivity index is 1.27. The van der Waals surface area contributed by atoms with Crippen molar-refractivity contribution in [3.8, 4) is 11.8 Å². The third-order valence-corrected chi connectivity index (χ3v) is 9.87. The number of aliphatic hydroxyl groups is 1. The molecule has 0 amide bonds. The van der Waals surface area contributed by atoms with Crippen LogP contribution in [-0.2, 0) is 25.5 Å². The molecule has 3 aromatic rings. The molecule has 1 aliphatic heterocycles. The van der Waals surface area contributed by atoms with Crippen LogP contribution in [0.1, 0.15) is 108 Å². The van der Waals surface area contributed by atoms with Gasteiger partial charge in [-0.2, -0.15) is 0 Å². The van der Waals surface area contributed by atoms with Gasteiger partial charge < -0.3 is 19.0 Å². The first-order valence-corrected chi connectivity index (χ1v) is 17.8. The number of aryl methyl sites for hydroxylation is 1. The Hall–Kier alpha value is -3.82. The fourth-order valence-electron chi connectivity index (χ4n) is 7.43. The van der Waals surface area contributed by atoms with Crippen molar-refractivity contribution in [2.45, 2.75) is 104 Å². The number of fused-ring (bicyclic) bond motifs is 1. The predicted octanol–water partition coefficient (Wildman–Crippen LogP) is 8.88. The monoisotopic (exact) mass is 652 g/mol. The van der Waals surface area contributed by atoms with Crippen LogP contribution in [0, 0.1) is 41.9 Å². The van der Waals surface area contributed by atoms with Gasteiger partial charge >= 0.3 is 11.9 Å². The fourth-order valence-corrected chi connectivity index (χ4v) is 7.43. The summed E-state index contributed by atoms with van der Waals surface area (Å²) in [6.07, 6.45) is 9.94. The van der Waals surface area contributed by atoms with Crippen molar-refractivity contribution in [2.75, 3.05) is 13.2 Å². The minimum atomic E-state index is -1.25. The maximum Gasteiger partial charge on any atom is 0.334 e. The van der Waals surface area contributed by atoms with E-state index in [1.165, 1.54) is 5.56 Å². The van der Waals surface area contributed by atoms with Gasteiger partial charge in [0.05, 0.1) is 12.0 Å². The molecule has 6 heteroatoms. The summed E-state index contributed by atoms with van der Waals surface area (Å²) in [6.45, 7) is 10.4. The van der Waals surface area contributed by atoms with E-state index in [0.717, 1.165) is 66.4 Å². The minimum Gasteiger partial charge on any atom is -0.461 e. The zero-order valence-electron chi connectivity index (χ0n) is 29.4. The van der Waals surface area contributed by atoms with Gasteiger partial charge in [0.1, 0.15) is 18.0 Å². The van der Waals surface area contributed by atoms with Crippen LogP contribution in [0.2, 0.25) is 0 Å². The largest absolute Gasteiger partial charge is 0.461 e. The Morgan fingerprint density at radius 3 is 2.29 bits per heavy atom. The van der Waals surface area contributed by atoms with Crippen LogP contribution < -0.4 is 0 Å². The van der Waals surface area contributed by atoms with E-state index >= 15 is 0 Å². The lowest BCUT2D eigenvalue weighted by Gasteiger charge is -2.35. The Kier molecular flexibility index (Phi) is 11.5. The van der Waals surface area contributed by atoms with Crippen molar-refractivity contribution in [3.63, 3.8) is 0 Å². The molecule has 1 saturated carbocycles. The molecule has 1 atom stereocenters. The maximum atomic E-state index is 13.9. The van der Waals surface area contributed by atoms with Crippen LogP contribution in [0.3, 0.4) is 0 Å². The first kappa shape index (κ1) is 35.5. The number of carbonyl (C=O) groups excluding carboxylic acids is 2. The van der Waals surface area contributed by atoms with Gasteiger partial charge in [-0.05, 0) is 93.2 Å². The van der Waals surface area contributed by atoms with E-state index in [1.54, 1.807) is 0 Å². The molecule has 0 spiro atoms. The molecule has 0 radical (unpaired) electrons. The number of carbonyl (C=O) groups is 2. The molecule has 2 fully saturated rings. The number of aliphatic hydroxyl groups excluding tert-OH is 1. The zero-order chi connectivity index (χ0) is 34.3. The highest BCUT2D eigenvalue weighted by molar-refractivity contribution is 5.91. The number of rotatable bonds is 12. The van der Waals surface area contributed by atoms with Crippen LogP contribution in [0.4, 0.5) is 0 Å². The highest BCUT2D eigenvalue weighted by Crippen LogP contribution is 2.42. The van der Waals surface area contributed by atoms with Crippen molar-refractivity contribution in [1.82, 2.24) is 0 Å². The summed E-state index contributed by atoms with van der Waals surface area (Å²) in [5.74, 6) is 8.10. The average Bonchev–Trinajstić information content (AvgIpc) is 3.61. The molecule has 48 heavy (non-hydrogen) atoms. The van der Waals surface area contributed by atoms with E-state index in [0.29, 0.717) is 42.6 Å². The van der Waals surface area contributed by atoms with Gasteiger partial charge in [-0.15, -0.1) is 0 Å². The van der Waals surface area contributed by atoms with Gasteiger partial charge in [0.25, 0.3) is 0 Å². The molecule has 1 aliphatic carbocycles. The van der Waals surface area contributed by atoms with Gasteiger partial charge in [0.15, 0.2) is 5.60 Å². The van der Waals surface area contributed by atoms with Crippen LogP contribution >= 0.6 is 0 Å². The van der Waals surface area contributed by atoms with Gasteiger partial charge in [0, 0.05) is 34.9 Å². The first-order chi connectivity index (χ1) is 23.0. The summed E-state index contributed by atoms with van der Waals surface area (Å²) in [7, 11) is 0. The molecule has 2 aliphatic rings. The van der Waals surface area contributed by atoms with Crippen LogP contribution in [0.25, 0.3) is 11.0 Å². The molecular formula is C42H52O6. The molecule has 2 heterocycles. The highest BCUT2D eigenvalue weighted by Gasteiger charge is 2.47. The quantitative estimate of drug-likeness (QED) is 0.120. The first-order valence-electron chi connectivity index (χ1n) is 17.8. The van der Waals surface area contributed by atoms with E-state index in [2.05, 4.69) is 58.6 Å². The Bertz CT molecular complexity index is 1650. The number of hydrogen-bond donors (Lipinski definition) is 1. The molecule has 6 nitrogen and oxygen atoms in total. The molecule has 0 bridgehead atoms. The number of esters is 2. The highest BCUT2D eigenvalue weighted by atomic mass is 16.6. The van der Waals surface area contributed by atoms with Crippen molar-refractivity contribution in [3.05, 3.63) is 82.6 Å². The molecule has 1 aromatic heterocycles. The van der Waals surface area contributed by atoms with Crippen LogP contribution in [0.15, 0.2) is 64.6 Å². The third kappa shape index (κ3) is 8.99. The molecular weight excluding hydrogens is 600 g/mol. The van der Waals surface area contributed by atoms with Gasteiger partial charge in [-0.3, -0.25) is 4.79 Å². The summed E-state index contributed by atoms with van der Waals surface area (Å²) in [5.41, 5.74) is 2.39. The van der Waals surface area contributed by atoms with Crippen molar-refractivity contribution < 1.29 is 28.6 Å². The Morgan fingerprint density at radius 1 is 0.958 bits per heavy atom. The summed E-state index contributed by atoms with van der Waals surface area (Å²) in [4.78, 5) is 26.8. The fraction of sp³-hybridized carbons (Fsp3) is 0.524. The van der Waals surface area contributed by atoms with Crippen molar-refractivity contribution >= 4 is 22.9 Å². The number of cyclic esters (lactones) is 1. The second kappa shape index (κ2) is 15.6. The van der Waals surface area contributed by atoms with E-state index in [-0.39, 0.29) is 19.0 Å². The standard InChI is InChI=1S/C42H52O6/c1-29(2)21-34(22-30(3)4)15-17-35-25-42(27-43,48-39(35)44)28-46-40(45)41(19-7-6-8-20-41)26-37-24-36-23-33(16-18-38(36)47-37)14-13-32-11-9-31(5)10-12-32/h9-12,16-18,23-24,29-30,34,43H,6-8,15,19-22,25-28H2,1-5H3/b35-17+/t42-/m1/s1. The predicted molar refractivity (Wildman–Crippen MR) is 189 cm³/mol. The summed E-state index contributed by atoms with van der Waals surface area (Å²) in [5, 5.41) is 11.3. The number of ether oxygens (including phenoxy) is 2. The van der Waals surface area contributed by atoms with Crippen LogP contribution in [-0.4, -0.2) is 35.9 Å². The Morgan fingerprint density at radius 2 is 1.62 bits per heavy atom. The normalized spacial score (nSPS) is 20.0. The second-order valence-electron chi connectivity index (χ2n) is 15.2. The summed E-state index contributed by atoms with van der Waals surface area (Å²) >= 11 is 0. The van der Waals surface area contributed by atoms with E-state index in [1.807, 2.05) is 42.5 Å². The number of furan rings is 1. The smallest absolute Gasteiger partial charge is 0.334 e. The van der Waals surface area contributed by atoms with E-state index in [9.17, 15) is 14.7 Å². The lowest BCUT2D eigenvalue weighted by Crippen LogP contribution is -2.43. The Labute approximate surface area is 286 Å². The summed E-state index contributed by atoms with van der Waals surface area (Å²) in [6, 6.07) is 16.1. The average molecular weight is 653 g/mol. The molecule has 1 saturated heterocycles. The number of benzene rings is 2. The second-order valence-corrected chi connectivity index (χ2v) is 15.2. The van der Waals surface area contributed by atoms with E-state index < -0.39 is 23.6 Å². The topological polar surface area (TPSA) is 86.0 Å². The SMILES string of the molecule is Cc1ccc(C#Cc2ccc3oc(CC4(C(=O)OC[C@]5(CO)C/C(=C\CC(CC(C)C)CC(C)C)C(=O)O5)CCCCC4)cc3c2)cc1. The third-order valence-electron chi connectivity index (χ3n) is 9.87. The summed E-state index contributed by atoms with van der Waals surface area (Å²) < 4.78 is 18.0. The molecule has 256 valence electrons. The number of hydrogen-bond acceptors (Lipinski definition) is 6. The lowest BCUT2D eigenvalue weighted by atomic mass is 9.71. The molecule has 1 N–H and O–H groups in total. The number of allylic oxidation sites excluding steroid dienone is 1. The van der Waals surface area contributed by atoms with Gasteiger partial charge in [-0.1, -0.05) is 82.6 Å². The minimum absolute atomic E-state index is 0.169. The zero-order valence-corrected chi connectivity index (χ0v) is 29.4. The van der Waals surface area contributed by atoms with Gasteiger partial charge in [0.2, 0.25) is 0 Å². The van der Waals surface area contributed by atoms with Crippen LogP contribution in [0.5, 0.6) is 0 Å².